The van der Waals surface area contributed by atoms with Crippen LogP contribution >= 0.6 is 11.8 Å². The standard InChI is InChI=1S/C27H21N7O3S/c35-22-14-18(23-7-4-12-37-23)13-21-20(22)15-29-26(30-21)31-24(36)16-38-27-33-32-25(17-8-10-28-11-9-17)34(27)19-5-2-1-3-6-19/h1-12,15,18H,13-14,16H2,(H,29,30,31,36). The first-order chi connectivity index (χ1) is 18.7. The van der Waals surface area contributed by atoms with Crippen LogP contribution in [0.1, 0.15) is 34.2 Å². The summed E-state index contributed by atoms with van der Waals surface area (Å²) in [4.78, 5) is 38.2. The molecule has 1 unspecified atom stereocenters. The summed E-state index contributed by atoms with van der Waals surface area (Å²) in [5, 5.41) is 12.0. The molecule has 1 aliphatic rings. The number of hydrogen-bond acceptors (Lipinski definition) is 9. The van der Waals surface area contributed by atoms with E-state index in [0.29, 0.717) is 35.1 Å². The van der Waals surface area contributed by atoms with E-state index in [0.717, 1.165) is 17.0 Å². The van der Waals surface area contributed by atoms with E-state index in [2.05, 4.69) is 30.5 Å². The molecule has 0 fully saturated rings. The molecule has 4 heterocycles. The van der Waals surface area contributed by atoms with Crippen LogP contribution in [0.5, 0.6) is 0 Å². The van der Waals surface area contributed by atoms with Crippen molar-refractivity contribution >= 4 is 29.4 Å². The number of ketones is 1. The van der Waals surface area contributed by atoms with Gasteiger partial charge in [0.05, 0.1) is 23.3 Å². The molecule has 5 aromatic rings. The first kappa shape index (κ1) is 23.7. The normalized spacial score (nSPS) is 14.7. The molecule has 1 N–H and O–H groups in total. The summed E-state index contributed by atoms with van der Waals surface area (Å²) in [5.74, 6) is 1.20. The minimum Gasteiger partial charge on any atom is -0.469 e. The Morgan fingerprint density at radius 3 is 2.68 bits per heavy atom. The predicted molar refractivity (Wildman–Crippen MR) is 140 cm³/mol. The number of aromatic nitrogens is 6. The Morgan fingerprint density at radius 1 is 1.05 bits per heavy atom. The van der Waals surface area contributed by atoms with Crippen LogP contribution in [0.2, 0.25) is 0 Å². The highest BCUT2D eigenvalue weighted by atomic mass is 32.2. The zero-order chi connectivity index (χ0) is 25.9. The smallest absolute Gasteiger partial charge is 0.237 e. The molecule has 0 saturated heterocycles. The van der Waals surface area contributed by atoms with Gasteiger partial charge in [-0.1, -0.05) is 30.0 Å². The summed E-state index contributed by atoms with van der Waals surface area (Å²) in [6.07, 6.45) is 7.35. The number of nitrogens with zero attached hydrogens (tertiary/aromatic N) is 6. The van der Waals surface area contributed by atoms with E-state index in [1.54, 1.807) is 24.7 Å². The van der Waals surface area contributed by atoms with Crippen molar-refractivity contribution in [3.8, 4) is 17.1 Å². The molecule has 0 radical (unpaired) electrons. The van der Waals surface area contributed by atoms with Crippen molar-refractivity contribution in [2.45, 2.75) is 23.9 Å². The van der Waals surface area contributed by atoms with Gasteiger partial charge in [0.25, 0.3) is 0 Å². The van der Waals surface area contributed by atoms with Crippen molar-refractivity contribution in [3.63, 3.8) is 0 Å². The lowest BCUT2D eigenvalue weighted by atomic mass is 9.85. The third kappa shape index (κ3) is 4.83. The number of carbonyl (C=O) groups excluding carboxylic acids is 2. The van der Waals surface area contributed by atoms with Gasteiger partial charge in [0.2, 0.25) is 11.9 Å². The number of hydrogen-bond donors (Lipinski definition) is 1. The third-order valence-corrected chi connectivity index (χ3v) is 7.08. The number of anilines is 1. The fourth-order valence-corrected chi connectivity index (χ4v) is 5.13. The second kappa shape index (κ2) is 10.4. The third-order valence-electron chi connectivity index (χ3n) is 6.16. The molecule has 1 aromatic carbocycles. The summed E-state index contributed by atoms with van der Waals surface area (Å²) >= 11 is 1.25. The van der Waals surface area contributed by atoms with Gasteiger partial charge in [0.1, 0.15) is 5.76 Å². The Labute approximate surface area is 221 Å². The Hall–Kier alpha value is -4.64. The van der Waals surface area contributed by atoms with E-state index >= 15 is 0 Å². The molecule has 0 saturated carbocycles. The van der Waals surface area contributed by atoms with Gasteiger partial charge >= 0.3 is 0 Å². The van der Waals surface area contributed by atoms with Crippen LogP contribution in [-0.2, 0) is 11.2 Å². The summed E-state index contributed by atoms with van der Waals surface area (Å²) in [7, 11) is 0. The molecule has 38 heavy (non-hydrogen) atoms. The van der Waals surface area contributed by atoms with Crippen LogP contribution < -0.4 is 5.32 Å². The number of nitrogens with one attached hydrogen (secondary N) is 1. The van der Waals surface area contributed by atoms with E-state index < -0.39 is 0 Å². The van der Waals surface area contributed by atoms with Gasteiger partial charge in [-0.2, -0.15) is 0 Å². The van der Waals surface area contributed by atoms with Crippen LogP contribution in [0.15, 0.2) is 89.0 Å². The van der Waals surface area contributed by atoms with Crippen molar-refractivity contribution in [2.24, 2.45) is 0 Å². The zero-order valence-electron chi connectivity index (χ0n) is 20.0. The SMILES string of the molecule is O=C(CSc1nnc(-c2ccncc2)n1-c1ccccc1)Nc1ncc2c(n1)CC(c1ccco1)CC2=O. The molecule has 0 spiro atoms. The van der Waals surface area contributed by atoms with Crippen LogP contribution in [0.3, 0.4) is 0 Å². The lowest BCUT2D eigenvalue weighted by molar-refractivity contribution is -0.113. The maximum Gasteiger partial charge on any atom is 0.237 e. The fraction of sp³-hybridized carbons (Fsp3) is 0.148. The molecule has 11 heteroatoms. The van der Waals surface area contributed by atoms with Gasteiger partial charge in [-0.05, 0) is 36.4 Å². The first-order valence-corrected chi connectivity index (χ1v) is 12.9. The average molecular weight is 524 g/mol. The number of furan rings is 1. The number of Topliss-reactive ketones (excluding diaryl/α,β-unsaturated/α-hetero) is 1. The zero-order valence-corrected chi connectivity index (χ0v) is 20.8. The van der Waals surface area contributed by atoms with Crippen LogP contribution in [0.4, 0.5) is 5.95 Å². The van der Waals surface area contributed by atoms with E-state index in [9.17, 15) is 9.59 Å². The summed E-state index contributed by atoms with van der Waals surface area (Å²) in [5.41, 5.74) is 2.82. The van der Waals surface area contributed by atoms with Crippen molar-refractivity contribution in [2.75, 3.05) is 11.1 Å². The van der Waals surface area contributed by atoms with Gasteiger partial charge in [0, 0.05) is 48.6 Å². The second-order valence-corrected chi connectivity index (χ2v) is 9.59. The highest BCUT2D eigenvalue weighted by Crippen LogP contribution is 2.32. The van der Waals surface area contributed by atoms with Crippen LogP contribution in [0.25, 0.3) is 17.1 Å². The van der Waals surface area contributed by atoms with Gasteiger partial charge in [-0.3, -0.25) is 24.5 Å². The van der Waals surface area contributed by atoms with E-state index in [4.69, 9.17) is 4.42 Å². The molecule has 188 valence electrons. The number of benzene rings is 1. The minimum atomic E-state index is -0.298. The molecular formula is C27H21N7O3S. The van der Waals surface area contributed by atoms with Crippen molar-refractivity contribution in [1.29, 1.82) is 0 Å². The maximum atomic E-state index is 12.8. The second-order valence-electron chi connectivity index (χ2n) is 8.65. The van der Waals surface area contributed by atoms with E-state index in [1.807, 2.05) is 53.1 Å². The summed E-state index contributed by atoms with van der Waals surface area (Å²) < 4.78 is 7.40. The average Bonchev–Trinajstić information content (AvgIpc) is 3.63. The monoisotopic (exact) mass is 523 g/mol. The highest BCUT2D eigenvalue weighted by Gasteiger charge is 2.29. The van der Waals surface area contributed by atoms with Gasteiger partial charge in [0.15, 0.2) is 16.8 Å². The number of carbonyl (C=O) groups is 2. The molecule has 1 amide bonds. The number of thioether (sulfide) groups is 1. The van der Waals surface area contributed by atoms with Crippen LogP contribution in [-0.4, -0.2) is 47.2 Å². The fourth-order valence-electron chi connectivity index (χ4n) is 4.38. The van der Waals surface area contributed by atoms with E-state index in [1.165, 1.54) is 18.0 Å². The predicted octanol–water partition coefficient (Wildman–Crippen LogP) is 4.36. The van der Waals surface area contributed by atoms with Crippen molar-refractivity contribution in [1.82, 2.24) is 29.7 Å². The molecule has 0 bridgehead atoms. The topological polar surface area (TPSA) is 129 Å². The van der Waals surface area contributed by atoms with Gasteiger partial charge < -0.3 is 4.42 Å². The minimum absolute atomic E-state index is 0.0358. The van der Waals surface area contributed by atoms with Gasteiger partial charge in [-0.25, -0.2) is 9.97 Å². The number of amides is 1. The molecule has 0 aliphatic heterocycles. The molecule has 1 aliphatic carbocycles. The Kier molecular flexibility index (Phi) is 6.49. The largest absolute Gasteiger partial charge is 0.469 e. The van der Waals surface area contributed by atoms with Gasteiger partial charge in [-0.15, -0.1) is 10.2 Å². The first-order valence-electron chi connectivity index (χ1n) is 11.9. The molecular weight excluding hydrogens is 502 g/mol. The van der Waals surface area contributed by atoms with E-state index in [-0.39, 0.29) is 29.3 Å². The number of rotatable bonds is 7. The Balaban J connectivity index is 1.18. The molecule has 10 nitrogen and oxygen atoms in total. The number of fused-ring (bicyclic) bond motifs is 1. The van der Waals surface area contributed by atoms with Crippen molar-refractivity contribution < 1.29 is 14.0 Å². The lowest BCUT2D eigenvalue weighted by Gasteiger charge is -2.21. The van der Waals surface area contributed by atoms with Crippen LogP contribution in [0, 0.1) is 0 Å². The maximum absolute atomic E-state index is 12.8. The number of pyridine rings is 1. The molecule has 6 rings (SSSR count). The Bertz CT molecular complexity index is 1590. The van der Waals surface area contributed by atoms with Crippen molar-refractivity contribution in [3.05, 3.63) is 96.5 Å². The summed E-state index contributed by atoms with van der Waals surface area (Å²) in [6, 6.07) is 17.1. The lowest BCUT2D eigenvalue weighted by Crippen LogP contribution is -2.22. The Morgan fingerprint density at radius 2 is 1.89 bits per heavy atom. The quantitative estimate of drug-likeness (QED) is 0.309. The highest BCUT2D eigenvalue weighted by molar-refractivity contribution is 7.99. The summed E-state index contributed by atoms with van der Waals surface area (Å²) in [6.45, 7) is 0. The molecule has 1 atom stereocenters. The number of para-hydroxylation sites is 1. The molecule has 4 aromatic heterocycles.